The van der Waals surface area contributed by atoms with Crippen molar-refractivity contribution in [2.75, 3.05) is 33.9 Å². The smallest absolute Gasteiger partial charge is 0.309 e. The van der Waals surface area contributed by atoms with E-state index < -0.39 is 6.04 Å². The maximum atomic E-state index is 13.5. The number of ether oxygens (including phenoxy) is 3. The van der Waals surface area contributed by atoms with Crippen molar-refractivity contribution in [1.29, 1.82) is 0 Å². The van der Waals surface area contributed by atoms with Gasteiger partial charge in [0.05, 0.1) is 38.3 Å². The Morgan fingerprint density at radius 1 is 1.12 bits per heavy atom. The van der Waals surface area contributed by atoms with Gasteiger partial charge in [0.2, 0.25) is 0 Å². The number of aromatic hydroxyl groups is 1. The second-order valence-corrected chi connectivity index (χ2v) is 8.21. The minimum atomic E-state index is -0.501. The summed E-state index contributed by atoms with van der Waals surface area (Å²) >= 11 is 0. The van der Waals surface area contributed by atoms with Gasteiger partial charge in [0.25, 0.3) is 5.56 Å². The lowest BCUT2D eigenvalue weighted by atomic mass is 9.91. The van der Waals surface area contributed by atoms with Crippen molar-refractivity contribution in [1.82, 2.24) is 9.47 Å². The summed E-state index contributed by atoms with van der Waals surface area (Å²) < 4.78 is 17.7. The Hall–Kier alpha value is -3.00. The van der Waals surface area contributed by atoms with Crippen molar-refractivity contribution in [2.24, 2.45) is 5.92 Å². The molecule has 1 saturated heterocycles. The third-order valence-corrected chi connectivity index (χ3v) is 6.35. The first kappa shape index (κ1) is 24.6. The van der Waals surface area contributed by atoms with Crippen LogP contribution in [0.15, 0.2) is 29.1 Å². The number of aromatic nitrogens is 1. The van der Waals surface area contributed by atoms with Crippen LogP contribution >= 0.6 is 0 Å². The second kappa shape index (κ2) is 10.7. The van der Waals surface area contributed by atoms with Gasteiger partial charge in [-0.1, -0.05) is 6.07 Å². The largest absolute Gasteiger partial charge is 0.507 e. The molecule has 0 unspecified atom stereocenters. The van der Waals surface area contributed by atoms with Crippen molar-refractivity contribution in [3.63, 3.8) is 0 Å². The Balaban J connectivity index is 2.08. The third kappa shape index (κ3) is 5.00. The predicted molar refractivity (Wildman–Crippen MR) is 125 cm³/mol. The van der Waals surface area contributed by atoms with Crippen LogP contribution in [0.2, 0.25) is 0 Å². The number of piperidine rings is 1. The number of carbonyl (C=O) groups excluding carboxylic acids is 1. The van der Waals surface area contributed by atoms with Crippen molar-refractivity contribution < 1.29 is 24.1 Å². The summed E-state index contributed by atoms with van der Waals surface area (Å²) in [6.45, 7) is 7.56. The van der Waals surface area contributed by atoms with E-state index in [1.807, 2.05) is 26.0 Å². The molecule has 1 aromatic carbocycles. The zero-order valence-corrected chi connectivity index (χ0v) is 20.1. The van der Waals surface area contributed by atoms with Gasteiger partial charge >= 0.3 is 5.97 Å². The molecule has 1 aliphatic heterocycles. The minimum absolute atomic E-state index is 0.0329. The topological polar surface area (TPSA) is 90.2 Å². The van der Waals surface area contributed by atoms with E-state index in [9.17, 15) is 14.7 Å². The van der Waals surface area contributed by atoms with Crippen LogP contribution in [-0.2, 0) is 16.1 Å². The first-order chi connectivity index (χ1) is 15.9. The molecular formula is C25H34N2O6. The molecule has 0 radical (unpaired) electrons. The molecule has 1 N–H and O–H groups in total. The Labute approximate surface area is 194 Å². The number of esters is 1. The van der Waals surface area contributed by atoms with E-state index in [-0.39, 0.29) is 23.2 Å². The molecule has 180 valence electrons. The second-order valence-electron chi connectivity index (χ2n) is 8.21. The molecule has 8 nitrogen and oxygen atoms in total. The fourth-order valence-corrected chi connectivity index (χ4v) is 4.66. The van der Waals surface area contributed by atoms with E-state index in [1.54, 1.807) is 37.8 Å². The zero-order chi connectivity index (χ0) is 24.1. The van der Waals surface area contributed by atoms with E-state index >= 15 is 0 Å². The first-order valence-electron chi connectivity index (χ1n) is 11.4. The van der Waals surface area contributed by atoms with Gasteiger partial charge < -0.3 is 23.9 Å². The van der Waals surface area contributed by atoms with Crippen LogP contribution in [0.4, 0.5) is 0 Å². The molecule has 8 heteroatoms. The molecule has 33 heavy (non-hydrogen) atoms. The maximum Gasteiger partial charge on any atom is 0.309 e. The van der Waals surface area contributed by atoms with Crippen molar-refractivity contribution in [2.45, 2.75) is 46.2 Å². The normalized spacial score (nSPS) is 15.8. The summed E-state index contributed by atoms with van der Waals surface area (Å²) in [5.74, 6) is 0.760. The van der Waals surface area contributed by atoms with Gasteiger partial charge in [0.15, 0.2) is 11.5 Å². The maximum absolute atomic E-state index is 13.5. The lowest BCUT2D eigenvalue weighted by Gasteiger charge is -2.37. The summed E-state index contributed by atoms with van der Waals surface area (Å²) in [6.07, 6.45) is 1.24. The SMILES string of the molecule is CCOC(=O)C1CCN([C@@H](c2ccc(OC)c(OC)c2)c2c(O)cc(C)n(CC)c2=O)CC1. The average Bonchev–Trinajstić information content (AvgIpc) is 2.81. The molecule has 2 aromatic rings. The number of carbonyl (C=O) groups is 1. The number of rotatable bonds is 8. The molecular weight excluding hydrogens is 424 g/mol. The molecule has 1 aromatic heterocycles. The fourth-order valence-electron chi connectivity index (χ4n) is 4.66. The molecule has 0 bridgehead atoms. The van der Waals surface area contributed by atoms with E-state index in [2.05, 4.69) is 4.90 Å². The van der Waals surface area contributed by atoms with Crippen LogP contribution in [0, 0.1) is 12.8 Å². The van der Waals surface area contributed by atoms with Gasteiger partial charge in [-0.2, -0.15) is 0 Å². The quantitative estimate of drug-likeness (QED) is 0.607. The molecule has 0 amide bonds. The Kier molecular flexibility index (Phi) is 8.02. The number of hydrogen-bond donors (Lipinski definition) is 1. The highest BCUT2D eigenvalue weighted by molar-refractivity contribution is 5.72. The molecule has 0 spiro atoms. The highest BCUT2D eigenvalue weighted by Crippen LogP contribution is 2.38. The molecule has 0 saturated carbocycles. The van der Waals surface area contributed by atoms with Crippen LogP contribution < -0.4 is 15.0 Å². The number of aryl methyl sites for hydroxylation is 1. The van der Waals surface area contributed by atoms with Gasteiger partial charge in [-0.25, -0.2) is 0 Å². The van der Waals surface area contributed by atoms with E-state index in [0.717, 1.165) is 5.56 Å². The standard InChI is InChI=1S/C25H34N2O6/c1-6-27-16(3)14-19(28)22(24(27)29)23(18-8-9-20(31-4)21(15-18)32-5)26-12-10-17(11-13-26)25(30)33-7-2/h8-9,14-15,17,23,28H,6-7,10-13H2,1-5H3/t23-/m0/s1. The Morgan fingerprint density at radius 3 is 2.36 bits per heavy atom. The van der Waals surface area contributed by atoms with Crippen molar-refractivity contribution in [3.8, 4) is 17.2 Å². The van der Waals surface area contributed by atoms with Crippen LogP contribution in [0.1, 0.15) is 49.6 Å². The van der Waals surface area contributed by atoms with Crippen LogP contribution in [-0.4, -0.2) is 54.5 Å². The van der Waals surface area contributed by atoms with Crippen LogP contribution in [0.25, 0.3) is 0 Å². The summed E-state index contributed by atoms with van der Waals surface area (Å²) in [6, 6.07) is 6.67. The Morgan fingerprint density at radius 2 is 1.79 bits per heavy atom. The number of nitrogens with zero attached hydrogens (tertiary/aromatic N) is 2. The molecule has 2 heterocycles. The summed E-state index contributed by atoms with van der Waals surface area (Å²) in [5, 5.41) is 10.9. The third-order valence-electron chi connectivity index (χ3n) is 6.35. The predicted octanol–water partition coefficient (Wildman–Crippen LogP) is 3.26. The molecule has 1 atom stereocenters. The van der Waals surface area contributed by atoms with Gasteiger partial charge in [-0.15, -0.1) is 0 Å². The molecule has 0 aliphatic carbocycles. The number of likely N-dealkylation sites (tertiary alicyclic amines) is 1. The number of benzene rings is 1. The van der Waals surface area contributed by atoms with E-state index in [4.69, 9.17) is 14.2 Å². The van der Waals surface area contributed by atoms with Gasteiger partial charge in [0, 0.05) is 12.2 Å². The van der Waals surface area contributed by atoms with Gasteiger partial charge in [0.1, 0.15) is 5.75 Å². The molecule has 3 rings (SSSR count). The summed E-state index contributed by atoms with van der Waals surface area (Å²) in [7, 11) is 3.13. The molecule has 1 aliphatic rings. The average molecular weight is 459 g/mol. The number of hydrogen-bond acceptors (Lipinski definition) is 7. The highest BCUT2D eigenvalue weighted by atomic mass is 16.5. The van der Waals surface area contributed by atoms with Crippen LogP contribution in [0.5, 0.6) is 17.2 Å². The van der Waals surface area contributed by atoms with Gasteiger partial charge in [-0.05, 0) is 70.5 Å². The van der Waals surface area contributed by atoms with Gasteiger partial charge in [-0.3, -0.25) is 14.5 Å². The zero-order valence-electron chi connectivity index (χ0n) is 20.1. The van der Waals surface area contributed by atoms with E-state index in [0.29, 0.717) is 61.8 Å². The van der Waals surface area contributed by atoms with E-state index in [1.165, 1.54) is 0 Å². The minimum Gasteiger partial charge on any atom is -0.507 e. The van der Waals surface area contributed by atoms with Crippen LogP contribution in [0.3, 0.4) is 0 Å². The van der Waals surface area contributed by atoms with Crippen molar-refractivity contribution >= 4 is 5.97 Å². The molecule has 1 fully saturated rings. The number of methoxy groups -OCH3 is 2. The summed E-state index contributed by atoms with van der Waals surface area (Å²) in [5.41, 5.74) is 1.61. The number of pyridine rings is 1. The lowest BCUT2D eigenvalue weighted by Crippen LogP contribution is -2.42. The fraction of sp³-hybridized carbons (Fsp3) is 0.520. The highest BCUT2D eigenvalue weighted by Gasteiger charge is 2.34. The summed E-state index contributed by atoms with van der Waals surface area (Å²) in [4.78, 5) is 27.9. The first-order valence-corrected chi connectivity index (χ1v) is 11.4. The lowest BCUT2D eigenvalue weighted by molar-refractivity contribution is -0.149. The Bertz CT molecular complexity index is 1040. The van der Waals surface area contributed by atoms with Crippen molar-refractivity contribution in [3.05, 3.63) is 51.4 Å². The monoisotopic (exact) mass is 458 g/mol.